The molecule has 4 rings (SSSR count). The van der Waals surface area contributed by atoms with Crippen LogP contribution >= 0.6 is 0 Å². The first-order valence-corrected chi connectivity index (χ1v) is 15.6. The number of carbonyl (C=O) groups excluding carboxylic acids is 1. The fourth-order valence-corrected chi connectivity index (χ4v) is 5.44. The third-order valence-corrected chi connectivity index (χ3v) is 8.18. The van der Waals surface area contributed by atoms with Crippen LogP contribution in [-0.4, -0.2) is 19.3 Å². The molecule has 4 aromatic carbocycles. The number of carbonyl (C=O) groups is 1. The monoisotopic (exact) mass is 745 g/mol. The Morgan fingerprint density at radius 1 is 0.731 bits per heavy atom. The van der Waals surface area contributed by atoms with E-state index in [0.29, 0.717) is 17.7 Å². The molecule has 0 aliphatic carbocycles. The molecular weight excluding hydrogens is 712 g/mol. The Morgan fingerprint density at radius 3 is 1.87 bits per heavy atom. The number of hydrogen-bond acceptors (Lipinski definition) is 5. The molecule has 4 aromatic rings. The van der Waals surface area contributed by atoms with Crippen LogP contribution < -0.4 is 14.8 Å². The van der Waals surface area contributed by atoms with Gasteiger partial charge in [0.05, 0.1) is 23.8 Å². The number of para-hydroxylation sites is 1. The highest BCUT2D eigenvalue weighted by Crippen LogP contribution is 2.41. The molecule has 0 saturated carbocycles. The lowest BCUT2D eigenvalue weighted by atomic mass is 9.92. The van der Waals surface area contributed by atoms with E-state index in [9.17, 15) is 48.7 Å². The normalized spacial score (nSPS) is 13.5. The molecule has 1 N–H and O–H groups in total. The summed E-state index contributed by atoms with van der Waals surface area (Å²) in [6.45, 7) is 5.73. The molecule has 0 spiro atoms. The smallest absolute Gasteiger partial charge is 0.496 e. The second-order valence-corrected chi connectivity index (χ2v) is 12.3. The quantitative estimate of drug-likeness (QED) is 0.0995. The largest absolute Gasteiger partial charge is 0.514 e. The topological polar surface area (TPSA) is 56.8 Å². The van der Waals surface area contributed by atoms with Crippen molar-refractivity contribution in [3.8, 4) is 22.6 Å². The van der Waals surface area contributed by atoms with E-state index >= 15 is 0 Å². The lowest BCUT2D eigenvalue weighted by Crippen LogP contribution is -2.35. The maximum Gasteiger partial charge on any atom is 0.514 e. The van der Waals surface area contributed by atoms with E-state index in [1.807, 2.05) is 0 Å². The van der Waals surface area contributed by atoms with Gasteiger partial charge in [0, 0.05) is 24.2 Å². The van der Waals surface area contributed by atoms with Gasteiger partial charge in [0.15, 0.2) is 0 Å². The Balaban J connectivity index is 1.81. The Morgan fingerprint density at radius 2 is 1.33 bits per heavy atom. The first kappa shape index (κ1) is 40.0. The third kappa shape index (κ3) is 9.55. The van der Waals surface area contributed by atoms with Gasteiger partial charge >= 0.3 is 24.7 Å². The minimum Gasteiger partial charge on any atom is -0.496 e. The lowest BCUT2D eigenvalue weighted by molar-refractivity contribution is -0.143. The fourth-order valence-electron chi connectivity index (χ4n) is 5.44. The van der Waals surface area contributed by atoms with E-state index in [4.69, 9.17) is 14.2 Å². The second-order valence-electron chi connectivity index (χ2n) is 12.3. The molecule has 0 aromatic heterocycles. The third-order valence-electron chi connectivity index (χ3n) is 8.18. The van der Waals surface area contributed by atoms with Gasteiger partial charge in [0.1, 0.15) is 23.4 Å². The maximum absolute atomic E-state index is 14.8. The van der Waals surface area contributed by atoms with Crippen molar-refractivity contribution in [2.75, 3.05) is 7.11 Å². The number of hydrogen-bond donors (Lipinski definition) is 1. The number of ether oxygens (including phenoxy) is 3. The van der Waals surface area contributed by atoms with E-state index < -0.39 is 71.4 Å². The summed E-state index contributed by atoms with van der Waals surface area (Å²) in [5.41, 5.74) is -4.17. The second kappa shape index (κ2) is 15.4. The van der Waals surface area contributed by atoms with Crippen molar-refractivity contribution in [1.29, 1.82) is 0 Å². The number of methoxy groups -OCH3 is 1. The summed E-state index contributed by atoms with van der Waals surface area (Å²) in [6, 6.07) is 10.6. The number of rotatable bonds is 10. The van der Waals surface area contributed by atoms with Gasteiger partial charge in [-0.25, -0.2) is 9.18 Å². The summed E-state index contributed by atoms with van der Waals surface area (Å²) in [5.74, 6) is -0.978. The molecule has 0 saturated heterocycles. The lowest BCUT2D eigenvalue weighted by Gasteiger charge is -2.27. The van der Waals surface area contributed by atoms with Gasteiger partial charge < -0.3 is 19.5 Å². The van der Waals surface area contributed by atoms with Crippen molar-refractivity contribution in [1.82, 2.24) is 5.32 Å². The standard InChI is InChI=1S/C37H33F10NO4/c1-19(2)28-16-29(32(50-5)17-30(28)38)27-11-10-24(35(39,40)41)14-23(27)18-48-21(4)33(52-34(49)51-31-9-7-6-8-20(31)3)22-12-25(36(42,43)44)15-26(13-22)37(45,46)47/h6-17,19,21,33,48H,18H2,1-5H3/t21-,33-/m0/s1. The number of aryl methyl sites for hydroxylation is 1. The SMILES string of the molecule is COc1cc(F)c(C(C)C)cc1-c1ccc(C(F)(F)F)cc1CN[C@@H](C)[C@H](OC(=O)Oc1ccccc1C)c1cc(C(F)(F)F)cc(C(F)(F)F)c1. The minimum absolute atomic E-state index is 0.00509. The van der Waals surface area contributed by atoms with Gasteiger partial charge in [-0.15, -0.1) is 0 Å². The van der Waals surface area contributed by atoms with Crippen LogP contribution in [-0.2, 0) is 29.8 Å². The van der Waals surface area contributed by atoms with Crippen molar-refractivity contribution < 1.29 is 62.9 Å². The van der Waals surface area contributed by atoms with Gasteiger partial charge in [0.25, 0.3) is 0 Å². The van der Waals surface area contributed by atoms with Crippen LogP contribution in [0.15, 0.2) is 72.8 Å². The highest BCUT2D eigenvalue weighted by Gasteiger charge is 2.39. The number of halogens is 10. The average Bonchev–Trinajstić information content (AvgIpc) is 3.05. The molecule has 0 fully saturated rings. The number of alkyl halides is 9. The Bertz CT molecular complexity index is 1870. The Labute approximate surface area is 292 Å². The van der Waals surface area contributed by atoms with Gasteiger partial charge in [-0.05, 0) is 90.0 Å². The number of benzene rings is 4. The van der Waals surface area contributed by atoms with Crippen molar-refractivity contribution >= 4 is 6.16 Å². The van der Waals surface area contributed by atoms with Crippen LogP contribution in [0, 0.1) is 12.7 Å². The highest BCUT2D eigenvalue weighted by atomic mass is 19.4. The number of nitrogens with one attached hydrogen (secondary N) is 1. The van der Waals surface area contributed by atoms with Crippen molar-refractivity contribution in [2.24, 2.45) is 0 Å². The summed E-state index contributed by atoms with van der Waals surface area (Å²) in [7, 11) is 1.24. The van der Waals surface area contributed by atoms with E-state index in [1.165, 1.54) is 32.2 Å². The molecular formula is C37H33F10NO4. The van der Waals surface area contributed by atoms with Crippen molar-refractivity contribution in [2.45, 2.75) is 70.8 Å². The van der Waals surface area contributed by atoms with E-state index in [1.54, 1.807) is 32.9 Å². The molecule has 15 heteroatoms. The van der Waals surface area contributed by atoms with Crippen molar-refractivity contribution in [3.05, 3.63) is 118 Å². The zero-order valence-electron chi connectivity index (χ0n) is 28.3. The first-order valence-electron chi connectivity index (χ1n) is 15.6. The molecule has 0 aliphatic rings. The average molecular weight is 746 g/mol. The molecule has 0 radical (unpaired) electrons. The first-order chi connectivity index (χ1) is 24.1. The molecule has 0 heterocycles. The Hall–Kier alpha value is -4.79. The summed E-state index contributed by atoms with van der Waals surface area (Å²) >= 11 is 0. The van der Waals surface area contributed by atoms with E-state index in [2.05, 4.69) is 5.32 Å². The molecule has 0 unspecified atom stereocenters. The predicted octanol–water partition coefficient (Wildman–Crippen LogP) is 11.4. The van der Waals surface area contributed by atoms with Crippen LogP contribution in [0.4, 0.5) is 48.7 Å². The fraction of sp³-hybridized carbons (Fsp3) is 0.324. The summed E-state index contributed by atoms with van der Waals surface area (Å²) in [6.07, 6.45) is -18.7. The predicted molar refractivity (Wildman–Crippen MR) is 171 cm³/mol. The van der Waals surface area contributed by atoms with Crippen LogP contribution in [0.1, 0.15) is 71.7 Å². The van der Waals surface area contributed by atoms with Gasteiger partial charge in [0.2, 0.25) is 0 Å². The molecule has 280 valence electrons. The summed E-state index contributed by atoms with van der Waals surface area (Å²) in [4.78, 5) is 13.0. The van der Waals surface area contributed by atoms with Crippen LogP contribution in [0.2, 0.25) is 0 Å². The molecule has 52 heavy (non-hydrogen) atoms. The summed E-state index contributed by atoms with van der Waals surface area (Å²) in [5, 5.41) is 2.79. The zero-order chi connectivity index (χ0) is 38.8. The molecule has 2 atom stereocenters. The van der Waals surface area contributed by atoms with Gasteiger partial charge in [-0.3, -0.25) is 0 Å². The van der Waals surface area contributed by atoms with Crippen LogP contribution in [0.3, 0.4) is 0 Å². The molecule has 5 nitrogen and oxygen atoms in total. The highest BCUT2D eigenvalue weighted by molar-refractivity contribution is 5.75. The summed E-state index contributed by atoms with van der Waals surface area (Å²) < 4.78 is 155. The van der Waals surface area contributed by atoms with Crippen LogP contribution in [0.5, 0.6) is 11.5 Å². The molecule has 0 amide bonds. The molecule has 0 aliphatic heterocycles. The zero-order valence-corrected chi connectivity index (χ0v) is 28.3. The maximum atomic E-state index is 14.8. The van der Waals surface area contributed by atoms with Crippen molar-refractivity contribution in [3.63, 3.8) is 0 Å². The Kier molecular flexibility index (Phi) is 11.9. The van der Waals surface area contributed by atoms with Crippen LogP contribution in [0.25, 0.3) is 11.1 Å². The van der Waals surface area contributed by atoms with E-state index in [-0.39, 0.29) is 45.7 Å². The van der Waals surface area contributed by atoms with E-state index in [0.717, 1.165) is 24.3 Å². The van der Waals surface area contributed by atoms with Gasteiger partial charge in [-0.2, -0.15) is 39.5 Å². The minimum atomic E-state index is -5.24. The van der Waals surface area contributed by atoms with Gasteiger partial charge in [-0.1, -0.05) is 38.1 Å². The molecule has 0 bridgehead atoms.